The van der Waals surface area contributed by atoms with E-state index in [1.807, 2.05) is 0 Å². The van der Waals surface area contributed by atoms with Crippen molar-refractivity contribution in [2.45, 2.75) is 59.8 Å². The fourth-order valence-corrected chi connectivity index (χ4v) is 5.34. The first-order valence-electron chi connectivity index (χ1n) is 11.8. The number of rotatable bonds is 8. The Balaban J connectivity index is 2.13. The number of esters is 4. The van der Waals surface area contributed by atoms with Crippen molar-refractivity contribution >= 4 is 29.7 Å². The van der Waals surface area contributed by atoms with Gasteiger partial charge in [0.05, 0.1) is 26.4 Å². The Kier molecular flexibility index (Phi) is 7.63. The minimum atomic E-state index is -1.61. The predicted octanol–water partition coefficient (Wildman–Crippen LogP) is 2.61. The molecule has 0 amide bonds. The zero-order valence-corrected chi connectivity index (χ0v) is 20.2. The van der Waals surface area contributed by atoms with Crippen molar-refractivity contribution in [2.75, 3.05) is 26.4 Å². The van der Waals surface area contributed by atoms with Crippen LogP contribution in [-0.4, -0.2) is 56.1 Å². The molecule has 2 saturated carbocycles. The minimum Gasteiger partial charge on any atom is -0.465 e. The SMILES string of the molecule is CCOC(=O)C1(C(=O)OCC)CC2=CC(=O)CC3CC(C(=O)OCC)(C(=O)OCC)CC3=C2C1. The second kappa shape index (κ2) is 10.1. The van der Waals surface area contributed by atoms with Gasteiger partial charge in [-0.2, -0.15) is 0 Å². The van der Waals surface area contributed by atoms with Crippen molar-refractivity contribution in [3.8, 4) is 0 Å². The molecular weight excluding hydrogens is 444 g/mol. The highest BCUT2D eigenvalue weighted by molar-refractivity contribution is 6.04. The molecular formula is C25H32O9. The summed E-state index contributed by atoms with van der Waals surface area (Å²) in [6, 6.07) is 0. The molecule has 0 aromatic rings. The Morgan fingerprint density at radius 3 is 1.71 bits per heavy atom. The van der Waals surface area contributed by atoms with E-state index in [2.05, 4.69) is 0 Å². The van der Waals surface area contributed by atoms with Gasteiger partial charge < -0.3 is 18.9 Å². The Labute approximate surface area is 198 Å². The normalized spacial score (nSPS) is 22.2. The molecule has 3 aliphatic carbocycles. The number of hydrogen-bond acceptors (Lipinski definition) is 9. The van der Waals surface area contributed by atoms with Crippen LogP contribution in [0.5, 0.6) is 0 Å². The molecule has 0 aromatic carbocycles. The summed E-state index contributed by atoms with van der Waals surface area (Å²) in [5.41, 5.74) is -1.27. The molecule has 1 unspecified atom stereocenters. The molecule has 0 aliphatic heterocycles. The van der Waals surface area contributed by atoms with E-state index in [-0.39, 0.29) is 64.3 Å². The topological polar surface area (TPSA) is 122 Å². The van der Waals surface area contributed by atoms with Crippen molar-refractivity contribution in [3.63, 3.8) is 0 Å². The molecule has 186 valence electrons. The summed E-state index contributed by atoms with van der Waals surface area (Å²) in [5, 5.41) is 0. The van der Waals surface area contributed by atoms with E-state index in [4.69, 9.17) is 18.9 Å². The second-order valence-electron chi connectivity index (χ2n) is 8.82. The molecule has 0 heterocycles. The van der Waals surface area contributed by atoms with Gasteiger partial charge in [0, 0.05) is 6.42 Å². The smallest absolute Gasteiger partial charge is 0.324 e. The molecule has 0 aromatic heterocycles. The van der Waals surface area contributed by atoms with E-state index < -0.39 is 40.6 Å². The maximum Gasteiger partial charge on any atom is 0.324 e. The lowest BCUT2D eigenvalue weighted by atomic mass is 9.84. The molecule has 3 rings (SSSR count). The molecule has 9 nitrogen and oxygen atoms in total. The van der Waals surface area contributed by atoms with Crippen LogP contribution in [0.25, 0.3) is 0 Å². The first-order valence-corrected chi connectivity index (χ1v) is 11.8. The summed E-state index contributed by atoms with van der Waals surface area (Å²) < 4.78 is 20.9. The summed E-state index contributed by atoms with van der Waals surface area (Å²) in [4.78, 5) is 64.8. The molecule has 3 aliphatic rings. The zero-order valence-electron chi connectivity index (χ0n) is 20.2. The van der Waals surface area contributed by atoms with Gasteiger partial charge >= 0.3 is 23.9 Å². The summed E-state index contributed by atoms with van der Waals surface area (Å²) in [7, 11) is 0. The Morgan fingerprint density at radius 2 is 1.24 bits per heavy atom. The van der Waals surface area contributed by atoms with Crippen LogP contribution in [0.15, 0.2) is 22.8 Å². The van der Waals surface area contributed by atoms with Crippen molar-refractivity contribution in [2.24, 2.45) is 16.7 Å². The Hall–Kier alpha value is -2.97. The lowest BCUT2D eigenvalue weighted by Gasteiger charge is -2.24. The van der Waals surface area contributed by atoms with Crippen molar-refractivity contribution in [3.05, 3.63) is 22.8 Å². The molecule has 0 spiro atoms. The van der Waals surface area contributed by atoms with E-state index in [1.165, 1.54) is 6.08 Å². The maximum atomic E-state index is 13.0. The van der Waals surface area contributed by atoms with Crippen LogP contribution in [0.1, 0.15) is 59.8 Å². The van der Waals surface area contributed by atoms with Gasteiger partial charge in [-0.25, -0.2) is 0 Å². The highest BCUT2D eigenvalue weighted by Gasteiger charge is 2.60. The van der Waals surface area contributed by atoms with Crippen LogP contribution in [0.2, 0.25) is 0 Å². The monoisotopic (exact) mass is 476 g/mol. The molecule has 0 bridgehead atoms. The number of ketones is 1. The van der Waals surface area contributed by atoms with Crippen LogP contribution < -0.4 is 0 Å². The van der Waals surface area contributed by atoms with Crippen LogP contribution in [-0.2, 0) is 42.9 Å². The lowest BCUT2D eigenvalue weighted by Crippen LogP contribution is -2.40. The fraction of sp³-hybridized carbons (Fsp3) is 0.640. The Bertz CT molecular complexity index is 919. The van der Waals surface area contributed by atoms with Gasteiger partial charge in [0.2, 0.25) is 0 Å². The molecule has 1 atom stereocenters. The first kappa shape index (κ1) is 25.6. The van der Waals surface area contributed by atoms with Gasteiger partial charge in [-0.05, 0) is 76.5 Å². The summed E-state index contributed by atoms with van der Waals surface area (Å²) in [5.74, 6) is -3.40. The number of fused-ring (bicyclic) bond motifs is 2. The largest absolute Gasteiger partial charge is 0.465 e. The van der Waals surface area contributed by atoms with Crippen molar-refractivity contribution < 1.29 is 42.9 Å². The third-order valence-electron chi connectivity index (χ3n) is 6.77. The second-order valence-corrected chi connectivity index (χ2v) is 8.82. The molecule has 2 fully saturated rings. The number of hydrogen-bond donors (Lipinski definition) is 0. The van der Waals surface area contributed by atoms with E-state index in [1.54, 1.807) is 27.7 Å². The zero-order chi connectivity index (χ0) is 25.1. The minimum absolute atomic E-state index is 0.0109. The molecule has 0 saturated heterocycles. The van der Waals surface area contributed by atoms with Gasteiger partial charge in [-0.3, -0.25) is 24.0 Å². The number of carbonyl (C=O) groups is 5. The van der Waals surface area contributed by atoms with Gasteiger partial charge in [-0.1, -0.05) is 5.57 Å². The summed E-state index contributed by atoms with van der Waals surface area (Å²) in [6.45, 7) is 6.96. The van der Waals surface area contributed by atoms with Crippen LogP contribution >= 0.6 is 0 Å². The molecule has 34 heavy (non-hydrogen) atoms. The average Bonchev–Trinajstić information content (AvgIpc) is 3.32. The molecule has 9 heteroatoms. The summed E-state index contributed by atoms with van der Waals surface area (Å²) >= 11 is 0. The fourth-order valence-electron chi connectivity index (χ4n) is 5.34. The predicted molar refractivity (Wildman–Crippen MR) is 118 cm³/mol. The van der Waals surface area contributed by atoms with Gasteiger partial charge in [0.15, 0.2) is 16.6 Å². The molecule has 0 radical (unpaired) electrons. The van der Waals surface area contributed by atoms with Crippen LogP contribution in [0, 0.1) is 16.7 Å². The van der Waals surface area contributed by atoms with Gasteiger partial charge in [0.1, 0.15) is 0 Å². The van der Waals surface area contributed by atoms with Crippen LogP contribution in [0.4, 0.5) is 0 Å². The van der Waals surface area contributed by atoms with E-state index >= 15 is 0 Å². The quantitative estimate of drug-likeness (QED) is 0.295. The highest BCUT2D eigenvalue weighted by Crippen LogP contribution is 2.57. The first-order chi connectivity index (χ1) is 16.2. The summed E-state index contributed by atoms with van der Waals surface area (Å²) in [6.07, 6.45) is 1.62. The van der Waals surface area contributed by atoms with E-state index in [0.29, 0.717) is 16.7 Å². The lowest BCUT2D eigenvalue weighted by molar-refractivity contribution is -0.173. The van der Waals surface area contributed by atoms with Gasteiger partial charge in [-0.15, -0.1) is 0 Å². The third-order valence-corrected chi connectivity index (χ3v) is 6.77. The third kappa shape index (κ3) is 4.28. The van der Waals surface area contributed by atoms with Crippen molar-refractivity contribution in [1.82, 2.24) is 0 Å². The molecule has 0 N–H and O–H groups in total. The maximum absolute atomic E-state index is 13.0. The van der Waals surface area contributed by atoms with Crippen LogP contribution in [0.3, 0.4) is 0 Å². The number of ether oxygens (including phenoxy) is 4. The van der Waals surface area contributed by atoms with E-state index in [0.717, 1.165) is 0 Å². The number of carbonyl (C=O) groups excluding carboxylic acids is 5. The standard InChI is InChI=1S/C25H32O9/c1-5-31-20(27)24(21(28)32-6-2)11-15-9-17(26)10-16-12-25(22(29)33-7-3,23(30)34-8-4)14-19(16)18(15)13-24/h9,16H,5-8,10-14H2,1-4H3. The number of allylic oxidation sites excluding steroid dienone is 4. The van der Waals surface area contributed by atoms with Crippen molar-refractivity contribution in [1.29, 1.82) is 0 Å². The Morgan fingerprint density at radius 1 is 0.765 bits per heavy atom. The van der Waals surface area contributed by atoms with Gasteiger partial charge in [0.25, 0.3) is 0 Å². The highest BCUT2D eigenvalue weighted by atomic mass is 16.6. The average molecular weight is 477 g/mol. The van der Waals surface area contributed by atoms with E-state index in [9.17, 15) is 24.0 Å².